The zero-order valence-corrected chi connectivity index (χ0v) is 24.1. The first-order chi connectivity index (χ1) is 20.3. The van der Waals surface area contributed by atoms with E-state index in [1.54, 1.807) is 11.8 Å². The highest BCUT2D eigenvalue weighted by atomic mass is 19.4. The maximum absolute atomic E-state index is 13.8. The Bertz CT molecular complexity index is 1290. The highest BCUT2D eigenvalue weighted by Crippen LogP contribution is 2.35. The van der Waals surface area contributed by atoms with Crippen LogP contribution in [0.1, 0.15) is 61.5 Å². The number of aromatic nitrogens is 2. The van der Waals surface area contributed by atoms with E-state index in [0.29, 0.717) is 75.8 Å². The second kappa shape index (κ2) is 13.4. The van der Waals surface area contributed by atoms with Crippen LogP contribution in [0.3, 0.4) is 0 Å². The van der Waals surface area contributed by atoms with Crippen LogP contribution in [0.25, 0.3) is 0 Å². The number of hydrogen-bond donors (Lipinski definition) is 2. The molecule has 2 aromatic rings. The molecule has 1 atom stereocenters. The van der Waals surface area contributed by atoms with Crippen LogP contribution in [0.2, 0.25) is 0 Å². The number of carbonyl (C=O) groups excluding carboxylic acids is 2. The van der Waals surface area contributed by atoms with Crippen LogP contribution in [-0.4, -0.2) is 60.5 Å². The smallest absolute Gasteiger partial charge is 0.356 e. The summed E-state index contributed by atoms with van der Waals surface area (Å²) in [5, 5.41) is 5.52. The lowest BCUT2D eigenvalue weighted by Crippen LogP contribution is -2.57. The summed E-state index contributed by atoms with van der Waals surface area (Å²) in [5.74, 6) is -1.23. The summed E-state index contributed by atoms with van der Waals surface area (Å²) in [6.07, 6.45) is -5.94. The van der Waals surface area contributed by atoms with Crippen molar-refractivity contribution in [1.82, 2.24) is 20.6 Å². The summed E-state index contributed by atoms with van der Waals surface area (Å²) in [6, 6.07) is 4.20. The number of halogens is 6. The highest BCUT2D eigenvalue weighted by molar-refractivity contribution is 5.86. The summed E-state index contributed by atoms with van der Waals surface area (Å²) in [5.41, 5.74) is 0.363. The van der Waals surface area contributed by atoms with E-state index < -0.39 is 35.7 Å². The Hall–Kier alpha value is -3.58. The average molecular weight is 615 g/mol. The van der Waals surface area contributed by atoms with E-state index in [9.17, 15) is 35.9 Å². The number of alkyl halides is 6. The monoisotopic (exact) mass is 614 g/mol. The molecule has 2 aliphatic rings. The fourth-order valence-corrected chi connectivity index (χ4v) is 5.45. The van der Waals surface area contributed by atoms with Crippen molar-refractivity contribution in [2.45, 2.75) is 70.8 Å². The predicted molar refractivity (Wildman–Crippen MR) is 149 cm³/mol. The molecule has 2 N–H and O–H groups in total. The van der Waals surface area contributed by atoms with Gasteiger partial charge >= 0.3 is 12.4 Å². The van der Waals surface area contributed by atoms with E-state index in [4.69, 9.17) is 0 Å². The Morgan fingerprint density at radius 2 is 1.63 bits per heavy atom. The summed E-state index contributed by atoms with van der Waals surface area (Å²) in [6.45, 7) is 5.46. The zero-order valence-electron chi connectivity index (χ0n) is 24.1. The van der Waals surface area contributed by atoms with Gasteiger partial charge in [-0.1, -0.05) is 6.07 Å². The van der Waals surface area contributed by atoms with Crippen LogP contribution in [0.5, 0.6) is 0 Å². The van der Waals surface area contributed by atoms with E-state index >= 15 is 0 Å². The minimum Gasteiger partial charge on any atom is -0.356 e. The SMILES string of the molecule is CCNC(=O)CCC1CCN(c2cc(N3CC[C@H]3C(=O)NCCc3ccc(C(F)(F)F)cc3C)nc(C(F)(F)F)n2)CC1. The first kappa shape index (κ1) is 32.3. The van der Waals surface area contributed by atoms with Crippen molar-refractivity contribution < 1.29 is 35.9 Å². The fraction of sp³-hybridized carbons (Fsp3) is 0.586. The summed E-state index contributed by atoms with van der Waals surface area (Å²) < 4.78 is 80.1. The number of hydrogen-bond acceptors (Lipinski definition) is 6. The molecule has 0 bridgehead atoms. The van der Waals surface area contributed by atoms with E-state index in [0.717, 1.165) is 12.1 Å². The lowest BCUT2D eigenvalue weighted by atomic mass is 9.92. The number of aryl methyl sites for hydroxylation is 1. The number of piperidine rings is 1. The number of rotatable bonds is 10. The Labute approximate surface area is 246 Å². The quantitative estimate of drug-likeness (QED) is 0.371. The average Bonchev–Trinajstić information content (AvgIpc) is 2.91. The van der Waals surface area contributed by atoms with Gasteiger partial charge in [-0.15, -0.1) is 0 Å². The van der Waals surface area contributed by atoms with Crippen molar-refractivity contribution in [2.75, 3.05) is 42.5 Å². The zero-order chi connectivity index (χ0) is 31.4. The molecule has 2 saturated heterocycles. The normalized spacial score (nSPS) is 17.9. The molecule has 0 unspecified atom stereocenters. The Morgan fingerprint density at radius 3 is 2.21 bits per heavy atom. The van der Waals surface area contributed by atoms with Gasteiger partial charge in [-0.25, -0.2) is 9.97 Å². The van der Waals surface area contributed by atoms with Gasteiger partial charge in [0, 0.05) is 45.2 Å². The van der Waals surface area contributed by atoms with Crippen molar-refractivity contribution in [3.8, 4) is 0 Å². The second-order valence-electron chi connectivity index (χ2n) is 11.0. The third-order valence-corrected chi connectivity index (χ3v) is 8.02. The Kier molecular flexibility index (Phi) is 10.1. The molecule has 0 aliphatic carbocycles. The summed E-state index contributed by atoms with van der Waals surface area (Å²) in [4.78, 5) is 35.5. The highest BCUT2D eigenvalue weighted by Gasteiger charge is 2.40. The molecule has 43 heavy (non-hydrogen) atoms. The first-order valence-electron chi connectivity index (χ1n) is 14.4. The van der Waals surface area contributed by atoms with E-state index in [1.807, 2.05) is 6.92 Å². The number of benzene rings is 1. The molecule has 0 spiro atoms. The number of anilines is 2. The van der Waals surface area contributed by atoms with E-state index in [2.05, 4.69) is 20.6 Å². The van der Waals surface area contributed by atoms with Gasteiger partial charge in [0.05, 0.1) is 5.56 Å². The third-order valence-electron chi connectivity index (χ3n) is 8.02. The van der Waals surface area contributed by atoms with Gasteiger partial charge in [0.25, 0.3) is 0 Å². The van der Waals surface area contributed by atoms with Gasteiger partial charge in [-0.05, 0) is 75.1 Å². The van der Waals surface area contributed by atoms with Crippen molar-refractivity contribution >= 4 is 23.5 Å². The molecule has 2 fully saturated rings. The van der Waals surface area contributed by atoms with Gasteiger partial charge in [-0.2, -0.15) is 26.3 Å². The largest absolute Gasteiger partial charge is 0.451 e. The molecule has 14 heteroatoms. The number of nitrogens with zero attached hydrogens (tertiary/aromatic N) is 4. The molecule has 2 aliphatic heterocycles. The molecular weight excluding hydrogens is 578 g/mol. The number of amides is 2. The van der Waals surface area contributed by atoms with Gasteiger partial charge in [0.2, 0.25) is 17.6 Å². The maximum atomic E-state index is 13.8. The number of carbonyl (C=O) groups is 2. The molecule has 3 heterocycles. The molecule has 4 rings (SSSR count). The van der Waals surface area contributed by atoms with Gasteiger partial charge in [0.1, 0.15) is 17.7 Å². The Morgan fingerprint density at radius 1 is 0.930 bits per heavy atom. The molecular formula is C29H36F6N6O2. The van der Waals surface area contributed by atoms with Gasteiger partial charge in [-0.3, -0.25) is 9.59 Å². The lowest BCUT2D eigenvalue weighted by Gasteiger charge is -2.41. The van der Waals surface area contributed by atoms with E-state index in [-0.39, 0.29) is 30.0 Å². The van der Waals surface area contributed by atoms with Crippen LogP contribution >= 0.6 is 0 Å². The van der Waals surface area contributed by atoms with Crippen molar-refractivity contribution in [1.29, 1.82) is 0 Å². The molecule has 1 aromatic carbocycles. The van der Waals surface area contributed by atoms with Gasteiger partial charge < -0.3 is 20.4 Å². The van der Waals surface area contributed by atoms with E-state index in [1.165, 1.54) is 17.0 Å². The third kappa shape index (κ3) is 8.29. The lowest BCUT2D eigenvalue weighted by molar-refractivity contribution is -0.144. The molecule has 1 aromatic heterocycles. The Balaban J connectivity index is 1.38. The van der Waals surface area contributed by atoms with Crippen LogP contribution in [0.4, 0.5) is 38.0 Å². The molecule has 0 radical (unpaired) electrons. The predicted octanol–water partition coefficient (Wildman–Crippen LogP) is 4.89. The van der Waals surface area contributed by atoms with Crippen LogP contribution in [-0.2, 0) is 28.4 Å². The minimum absolute atomic E-state index is 0.0111. The molecule has 8 nitrogen and oxygen atoms in total. The topological polar surface area (TPSA) is 90.5 Å². The first-order valence-corrected chi connectivity index (χ1v) is 14.4. The van der Waals surface area contributed by atoms with Crippen molar-refractivity contribution in [3.05, 3.63) is 46.8 Å². The summed E-state index contributed by atoms with van der Waals surface area (Å²) in [7, 11) is 0. The molecule has 236 valence electrons. The second-order valence-corrected chi connectivity index (χ2v) is 11.0. The summed E-state index contributed by atoms with van der Waals surface area (Å²) >= 11 is 0. The van der Waals surface area contributed by atoms with Gasteiger partial charge in [0.15, 0.2) is 0 Å². The fourth-order valence-electron chi connectivity index (χ4n) is 5.45. The minimum atomic E-state index is -4.78. The van der Waals surface area contributed by atoms with Crippen molar-refractivity contribution in [2.24, 2.45) is 5.92 Å². The van der Waals surface area contributed by atoms with Crippen LogP contribution in [0.15, 0.2) is 24.3 Å². The van der Waals surface area contributed by atoms with Crippen molar-refractivity contribution in [3.63, 3.8) is 0 Å². The molecule has 0 saturated carbocycles. The maximum Gasteiger partial charge on any atom is 0.451 e. The number of nitrogens with one attached hydrogen (secondary N) is 2. The van der Waals surface area contributed by atoms with Crippen LogP contribution < -0.4 is 20.4 Å². The van der Waals surface area contributed by atoms with Crippen LogP contribution in [0, 0.1) is 12.8 Å². The molecule has 2 amide bonds. The standard InChI is InChI=1S/C29H36F6N6O2/c1-3-36-25(42)7-4-19-9-13-40(14-10-19)23-17-24(39-27(38-23)29(33,34)35)41-15-11-22(41)26(43)37-12-8-20-5-6-21(16-18(20)2)28(30,31)32/h5-6,16-17,19,22H,3-4,7-15H2,1-2H3,(H,36,42)(H,37,43)/t22-/m0/s1.